The second-order valence-corrected chi connectivity index (χ2v) is 8.83. The first-order valence-corrected chi connectivity index (χ1v) is 11.4. The minimum absolute atomic E-state index is 0.237. The molecule has 2 aromatic carbocycles. The van der Waals surface area contributed by atoms with Gasteiger partial charge in [0.1, 0.15) is 0 Å². The summed E-state index contributed by atoms with van der Waals surface area (Å²) in [5.41, 5.74) is 2.59. The highest BCUT2D eigenvalue weighted by molar-refractivity contribution is 7.91. The molecule has 0 aliphatic heterocycles. The van der Waals surface area contributed by atoms with Crippen LogP contribution in [0, 0.1) is 0 Å². The molecule has 9 heteroatoms. The first-order valence-electron chi connectivity index (χ1n) is 9.88. The smallest absolute Gasteiger partial charge is 0.206 e. The molecule has 0 saturated carbocycles. The van der Waals surface area contributed by atoms with Crippen LogP contribution in [0.2, 0.25) is 0 Å². The van der Waals surface area contributed by atoms with Gasteiger partial charge in [-0.25, -0.2) is 13.1 Å². The van der Waals surface area contributed by atoms with Crippen molar-refractivity contribution < 1.29 is 8.42 Å². The van der Waals surface area contributed by atoms with E-state index in [1.54, 1.807) is 85.0 Å². The van der Waals surface area contributed by atoms with Crippen LogP contribution in [0.25, 0.3) is 5.69 Å². The Morgan fingerprint density at radius 3 is 2.19 bits per heavy atom. The molecule has 0 unspecified atom stereocenters. The molecule has 0 aliphatic rings. The second-order valence-electron chi connectivity index (χ2n) is 6.88. The number of nitrogens with zero attached hydrogens (tertiary/aromatic N) is 4. The van der Waals surface area contributed by atoms with Crippen molar-refractivity contribution in [3.63, 3.8) is 0 Å². The van der Waals surface area contributed by atoms with E-state index in [-0.39, 0.29) is 9.79 Å². The summed E-state index contributed by atoms with van der Waals surface area (Å²) < 4.78 is 27.6. The molecule has 8 nitrogen and oxygen atoms in total. The zero-order valence-electron chi connectivity index (χ0n) is 17.4. The Hall–Kier alpha value is -3.98. The maximum atomic E-state index is 13.0. The van der Waals surface area contributed by atoms with Crippen LogP contribution in [0.1, 0.15) is 5.56 Å². The van der Waals surface area contributed by atoms with Crippen LogP contribution in [-0.4, -0.2) is 36.2 Å². The molecule has 0 spiro atoms. The number of hydrogen-bond donors (Lipinski definition) is 2. The van der Waals surface area contributed by atoms with Gasteiger partial charge in [0, 0.05) is 44.1 Å². The molecule has 32 heavy (non-hydrogen) atoms. The van der Waals surface area contributed by atoms with Crippen molar-refractivity contribution in [3.8, 4) is 5.69 Å². The van der Waals surface area contributed by atoms with Gasteiger partial charge in [0.05, 0.1) is 15.5 Å². The molecule has 0 atom stereocenters. The third-order valence-corrected chi connectivity index (χ3v) is 6.56. The van der Waals surface area contributed by atoms with Crippen LogP contribution in [0.5, 0.6) is 0 Å². The Labute approximate surface area is 186 Å². The topological polar surface area (TPSA) is 101 Å². The number of aromatic nitrogens is 3. The molecule has 4 rings (SSSR count). The highest BCUT2D eigenvalue weighted by Crippen LogP contribution is 2.22. The van der Waals surface area contributed by atoms with E-state index in [0.717, 1.165) is 16.9 Å². The number of nitrogens with one attached hydrogen (secondary N) is 2. The molecular formula is C23H22N6O2S. The zero-order valence-corrected chi connectivity index (χ0v) is 18.2. The first kappa shape index (κ1) is 21.3. The predicted octanol–water partition coefficient (Wildman–Crippen LogP) is 3.29. The van der Waals surface area contributed by atoms with Crippen molar-refractivity contribution in [2.24, 2.45) is 4.99 Å². The van der Waals surface area contributed by atoms with Gasteiger partial charge in [0.15, 0.2) is 5.96 Å². The lowest BCUT2D eigenvalue weighted by Crippen LogP contribution is -2.30. The molecule has 2 aromatic heterocycles. The third-order valence-electron chi connectivity index (χ3n) is 4.78. The normalized spacial score (nSPS) is 11.8. The van der Waals surface area contributed by atoms with Crippen LogP contribution < -0.4 is 10.6 Å². The monoisotopic (exact) mass is 446 g/mol. The maximum Gasteiger partial charge on any atom is 0.206 e. The van der Waals surface area contributed by atoms with E-state index in [1.165, 1.54) is 0 Å². The summed E-state index contributed by atoms with van der Waals surface area (Å²) in [5, 5.41) is 10.5. The molecule has 2 heterocycles. The fourth-order valence-corrected chi connectivity index (χ4v) is 4.32. The molecular weight excluding hydrogens is 424 g/mol. The summed E-state index contributed by atoms with van der Waals surface area (Å²) in [6.45, 7) is 0.490. The molecule has 2 N–H and O–H groups in total. The molecule has 0 amide bonds. The Bertz CT molecular complexity index is 1290. The molecule has 0 radical (unpaired) electrons. The summed E-state index contributed by atoms with van der Waals surface area (Å²) in [7, 11) is -1.93. The van der Waals surface area contributed by atoms with E-state index in [0.29, 0.717) is 12.5 Å². The third kappa shape index (κ3) is 4.84. The van der Waals surface area contributed by atoms with Crippen molar-refractivity contribution in [1.29, 1.82) is 0 Å². The largest absolute Gasteiger partial charge is 0.352 e. The Morgan fingerprint density at radius 1 is 0.938 bits per heavy atom. The van der Waals surface area contributed by atoms with Gasteiger partial charge in [-0.3, -0.25) is 9.98 Å². The summed E-state index contributed by atoms with van der Waals surface area (Å²) >= 11 is 0. The van der Waals surface area contributed by atoms with Crippen molar-refractivity contribution in [3.05, 3.63) is 97.1 Å². The molecule has 162 valence electrons. The van der Waals surface area contributed by atoms with Crippen molar-refractivity contribution in [2.45, 2.75) is 16.3 Å². The number of sulfone groups is 1. The summed E-state index contributed by atoms with van der Waals surface area (Å²) in [4.78, 5) is 8.66. The lowest BCUT2D eigenvalue weighted by atomic mass is 10.2. The summed E-state index contributed by atoms with van der Waals surface area (Å²) in [6, 6.07) is 19.0. The van der Waals surface area contributed by atoms with Gasteiger partial charge in [0.25, 0.3) is 0 Å². The summed E-state index contributed by atoms with van der Waals surface area (Å²) in [6.07, 6.45) is 6.86. The predicted molar refractivity (Wildman–Crippen MR) is 124 cm³/mol. The SMILES string of the molecule is C/N=C(\NCc1ccc(S(=O)(=O)c2ccc(-n3cccn3)cc2)cc1)Nc1ccncc1. The van der Waals surface area contributed by atoms with Gasteiger partial charge < -0.3 is 10.6 Å². The van der Waals surface area contributed by atoms with Gasteiger partial charge in [-0.15, -0.1) is 0 Å². The molecule has 0 bridgehead atoms. The van der Waals surface area contributed by atoms with Crippen LogP contribution in [-0.2, 0) is 16.4 Å². The molecule has 4 aromatic rings. The van der Waals surface area contributed by atoms with Crippen LogP contribution in [0.3, 0.4) is 0 Å². The number of anilines is 1. The minimum Gasteiger partial charge on any atom is -0.352 e. The Kier molecular flexibility index (Phi) is 6.27. The zero-order chi connectivity index (χ0) is 22.4. The fourth-order valence-electron chi connectivity index (χ4n) is 3.06. The van der Waals surface area contributed by atoms with E-state index >= 15 is 0 Å². The molecule has 0 saturated heterocycles. The van der Waals surface area contributed by atoms with Gasteiger partial charge in [0.2, 0.25) is 9.84 Å². The van der Waals surface area contributed by atoms with Gasteiger partial charge in [-0.1, -0.05) is 12.1 Å². The highest BCUT2D eigenvalue weighted by atomic mass is 32.2. The number of benzene rings is 2. The van der Waals surface area contributed by atoms with E-state index < -0.39 is 9.84 Å². The van der Waals surface area contributed by atoms with Crippen molar-refractivity contribution in [1.82, 2.24) is 20.1 Å². The van der Waals surface area contributed by atoms with Gasteiger partial charge in [-0.2, -0.15) is 5.10 Å². The average Bonchev–Trinajstić information content (AvgIpc) is 3.38. The molecule has 0 fully saturated rings. The van der Waals surface area contributed by atoms with Crippen molar-refractivity contribution >= 4 is 21.5 Å². The van der Waals surface area contributed by atoms with E-state index in [9.17, 15) is 8.42 Å². The van der Waals surface area contributed by atoms with Crippen molar-refractivity contribution in [2.75, 3.05) is 12.4 Å². The number of rotatable bonds is 6. The number of aliphatic imine (C=N–C) groups is 1. The second kappa shape index (κ2) is 9.44. The number of pyridine rings is 1. The quantitative estimate of drug-likeness (QED) is 0.348. The Morgan fingerprint density at radius 2 is 1.59 bits per heavy atom. The lowest BCUT2D eigenvalue weighted by molar-refractivity contribution is 0.596. The van der Waals surface area contributed by atoms with Crippen LogP contribution >= 0.6 is 0 Å². The minimum atomic E-state index is -3.61. The average molecular weight is 447 g/mol. The lowest BCUT2D eigenvalue weighted by Gasteiger charge is -2.12. The maximum absolute atomic E-state index is 13.0. The molecule has 0 aliphatic carbocycles. The number of guanidine groups is 1. The van der Waals surface area contributed by atoms with Crippen LogP contribution in [0.4, 0.5) is 5.69 Å². The van der Waals surface area contributed by atoms with Gasteiger partial charge in [-0.05, 0) is 60.2 Å². The van der Waals surface area contributed by atoms with Gasteiger partial charge >= 0.3 is 0 Å². The van der Waals surface area contributed by atoms with E-state index in [4.69, 9.17) is 0 Å². The van der Waals surface area contributed by atoms with E-state index in [2.05, 4.69) is 25.7 Å². The standard InChI is InChI=1S/C23H22N6O2S/c1-24-23(28-19-11-14-25-15-12-19)26-17-18-3-7-21(8-4-18)32(30,31)22-9-5-20(6-10-22)29-16-2-13-27-29/h2-16H,17H2,1H3,(H2,24,25,26,28). The first-order chi connectivity index (χ1) is 15.6. The fraction of sp³-hybridized carbons (Fsp3) is 0.0870. The van der Waals surface area contributed by atoms with Crippen LogP contribution in [0.15, 0.2) is 106 Å². The highest BCUT2D eigenvalue weighted by Gasteiger charge is 2.17. The summed E-state index contributed by atoms with van der Waals surface area (Å²) in [5.74, 6) is 0.602. The Balaban J connectivity index is 1.42. The van der Waals surface area contributed by atoms with E-state index in [1.807, 2.05) is 18.2 Å². The number of hydrogen-bond acceptors (Lipinski definition) is 5.